The summed E-state index contributed by atoms with van der Waals surface area (Å²) in [5, 5.41) is 6.54. The van der Waals surface area contributed by atoms with Crippen LogP contribution in [0.25, 0.3) is 0 Å². The molecule has 0 amide bonds. The van der Waals surface area contributed by atoms with Crippen molar-refractivity contribution in [2.24, 2.45) is 5.92 Å². The van der Waals surface area contributed by atoms with Crippen LogP contribution < -0.4 is 10.6 Å². The van der Waals surface area contributed by atoms with Crippen LogP contribution in [0, 0.1) is 12.8 Å². The summed E-state index contributed by atoms with van der Waals surface area (Å²) in [7, 11) is 0. The van der Waals surface area contributed by atoms with Gasteiger partial charge in [-0.2, -0.15) is 4.98 Å². The van der Waals surface area contributed by atoms with E-state index in [-0.39, 0.29) is 0 Å². The van der Waals surface area contributed by atoms with Crippen LogP contribution in [0.4, 0.5) is 17.5 Å². The van der Waals surface area contributed by atoms with Crippen molar-refractivity contribution < 1.29 is 0 Å². The summed E-state index contributed by atoms with van der Waals surface area (Å²) in [4.78, 5) is 8.88. The number of anilines is 3. The van der Waals surface area contributed by atoms with Gasteiger partial charge in [0.05, 0.1) is 0 Å². The minimum atomic E-state index is 0.556. The predicted octanol–water partition coefficient (Wildman–Crippen LogP) is 4.36. The zero-order valence-corrected chi connectivity index (χ0v) is 13.5. The Labute approximate surface area is 128 Å². The van der Waals surface area contributed by atoms with Crippen molar-refractivity contribution in [1.82, 2.24) is 9.97 Å². The number of nitrogens with zero attached hydrogens (tertiary/aromatic N) is 2. The van der Waals surface area contributed by atoms with Gasteiger partial charge in [-0.25, -0.2) is 4.98 Å². The van der Waals surface area contributed by atoms with Crippen LogP contribution in [0.5, 0.6) is 0 Å². The molecule has 2 N–H and O–H groups in total. The lowest BCUT2D eigenvalue weighted by Gasteiger charge is -2.11. The van der Waals surface area contributed by atoms with Gasteiger partial charge in [-0.3, -0.25) is 0 Å². The van der Waals surface area contributed by atoms with Crippen molar-refractivity contribution >= 4 is 33.4 Å². The molecule has 0 spiro atoms. The van der Waals surface area contributed by atoms with Gasteiger partial charge in [0.25, 0.3) is 0 Å². The number of hydrogen-bond acceptors (Lipinski definition) is 4. The Morgan fingerprint density at radius 2 is 2.00 bits per heavy atom. The number of benzene rings is 1. The zero-order chi connectivity index (χ0) is 14.5. The average Bonchev–Trinajstić information content (AvgIpc) is 2.35. The Morgan fingerprint density at radius 1 is 1.20 bits per heavy atom. The molecule has 4 nitrogen and oxygen atoms in total. The zero-order valence-electron chi connectivity index (χ0n) is 11.9. The highest BCUT2D eigenvalue weighted by Gasteiger charge is 2.03. The second-order valence-electron chi connectivity index (χ2n) is 5.13. The number of hydrogen-bond donors (Lipinski definition) is 2. The SMILES string of the molecule is Cc1cc(Nc2cccc(Br)c2)nc(NCC(C)C)n1. The van der Waals surface area contributed by atoms with E-state index in [0.29, 0.717) is 11.9 Å². The van der Waals surface area contributed by atoms with Gasteiger partial charge >= 0.3 is 0 Å². The van der Waals surface area contributed by atoms with E-state index in [4.69, 9.17) is 0 Å². The van der Waals surface area contributed by atoms with Crippen LogP contribution in [0.3, 0.4) is 0 Å². The predicted molar refractivity (Wildman–Crippen MR) is 87.5 cm³/mol. The molecule has 0 bridgehead atoms. The molecule has 0 aliphatic heterocycles. The summed E-state index contributed by atoms with van der Waals surface area (Å²) in [5.41, 5.74) is 1.93. The molecule has 0 atom stereocenters. The standard InChI is InChI=1S/C15H19BrN4/c1-10(2)9-17-15-18-11(3)7-14(20-15)19-13-6-4-5-12(16)8-13/h4-8,10H,9H2,1-3H3,(H2,17,18,19,20). The fourth-order valence-corrected chi connectivity index (χ4v) is 2.12. The molecule has 20 heavy (non-hydrogen) atoms. The molecule has 5 heteroatoms. The second kappa shape index (κ2) is 6.70. The first-order chi connectivity index (χ1) is 9.52. The monoisotopic (exact) mass is 334 g/mol. The Balaban J connectivity index is 2.15. The van der Waals surface area contributed by atoms with Crippen molar-refractivity contribution in [3.8, 4) is 0 Å². The summed E-state index contributed by atoms with van der Waals surface area (Å²) in [6, 6.07) is 9.92. The molecule has 0 saturated heterocycles. The lowest BCUT2D eigenvalue weighted by molar-refractivity contribution is 0.684. The Hall–Kier alpha value is -1.62. The van der Waals surface area contributed by atoms with Gasteiger partial charge in [-0.15, -0.1) is 0 Å². The number of aryl methyl sites for hydroxylation is 1. The van der Waals surface area contributed by atoms with E-state index in [1.807, 2.05) is 37.3 Å². The van der Waals surface area contributed by atoms with Crippen molar-refractivity contribution in [1.29, 1.82) is 0 Å². The van der Waals surface area contributed by atoms with Gasteiger partial charge < -0.3 is 10.6 Å². The largest absolute Gasteiger partial charge is 0.354 e. The molecular weight excluding hydrogens is 316 g/mol. The topological polar surface area (TPSA) is 49.8 Å². The maximum absolute atomic E-state index is 4.48. The first kappa shape index (κ1) is 14.8. The molecule has 0 aliphatic rings. The third kappa shape index (κ3) is 4.49. The molecule has 2 aromatic rings. The molecular formula is C15H19BrN4. The van der Waals surface area contributed by atoms with Crippen LogP contribution in [0.15, 0.2) is 34.8 Å². The lowest BCUT2D eigenvalue weighted by Crippen LogP contribution is -2.11. The fraction of sp³-hybridized carbons (Fsp3) is 0.333. The van der Waals surface area contributed by atoms with E-state index < -0.39 is 0 Å². The summed E-state index contributed by atoms with van der Waals surface area (Å²) in [6.07, 6.45) is 0. The normalized spacial score (nSPS) is 10.7. The maximum atomic E-state index is 4.48. The van der Waals surface area contributed by atoms with Gasteiger partial charge in [-0.05, 0) is 31.0 Å². The molecule has 1 aromatic heterocycles. The minimum Gasteiger partial charge on any atom is -0.354 e. The van der Waals surface area contributed by atoms with Gasteiger partial charge in [0.2, 0.25) is 5.95 Å². The number of rotatable bonds is 5. The molecule has 2 rings (SSSR count). The molecule has 0 aliphatic carbocycles. The molecule has 0 unspecified atom stereocenters. The Morgan fingerprint density at radius 3 is 2.70 bits per heavy atom. The highest BCUT2D eigenvalue weighted by atomic mass is 79.9. The summed E-state index contributed by atoms with van der Waals surface area (Å²) >= 11 is 3.46. The van der Waals surface area contributed by atoms with Crippen molar-refractivity contribution in [2.45, 2.75) is 20.8 Å². The van der Waals surface area contributed by atoms with Crippen molar-refractivity contribution in [3.05, 3.63) is 40.5 Å². The molecule has 1 heterocycles. The maximum Gasteiger partial charge on any atom is 0.224 e. The summed E-state index contributed by atoms with van der Waals surface area (Å²) in [5.74, 6) is 2.01. The number of aromatic nitrogens is 2. The molecule has 0 radical (unpaired) electrons. The lowest BCUT2D eigenvalue weighted by atomic mass is 10.2. The van der Waals surface area contributed by atoms with E-state index in [2.05, 4.69) is 50.4 Å². The average molecular weight is 335 g/mol. The minimum absolute atomic E-state index is 0.556. The molecule has 1 aromatic carbocycles. The van der Waals surface area contributed by atoms with Crippen molar-refractivity contribution in [3.63, 3.8) is 0 Å². The van der Waals surface area contributed by atoms with E-state index in [1.165, 1.54) is 0 Å². The first-order valence-corrected chi connectivity index (χ1v) is 7.44. The van der Waals surface area contributed by atoms with Gasteiger partial charge in [0.1, 0.15) is 5.82 Å². The van der Waals surface area contributed by atoms with Crippen LogP contribution in [-0.4, -0.2) is 16.5 Å². The van der Waals surface area contributed by atoms with Crippen LogP contribution >= 0.6 is 15.9 Å². The quantitative estimate of drug-likeness (QED) is 0.852. The Kier molecular flexibility index (Phi) is 4.95. The molecule has 0 saturated carbocycles. The smallest absolute Gasteiger partial charge is 0.224 e. The van der Waals surface area contributed by atoms with Gasteiger partial charge in [0, 0.05) is 28.5 Å². The highest BCUT2D eigenvalue weighted by Crippen LogP contribution is 2.20. The van der Waals surface area contributed by atoms with E-state index in [1.54, 1.807) is 0 Å². The third-order valence-electron chi connectivity index (χ3n) is 2.62. The van der Waals surface area contributed by atoms with E-state index in [9.17, 15) is 0 Å². The van der Waals surface area contributed by atoms with Crippen LogP contribution in [0.1, 0.15) is 19.5 Å². The third-order valence-corrected chi connectivity index (χ3v) is 3.11. The first-order valence-electron chi connectivity index (χ1n) is 6.65. The van der Waals surface area contributed by atoms with Crippen molar-refractivity contribution in [2.75, 3.05) is 17.2 Å². The molecule has 106 valence electrons. The van der Waals surface area contributed by atoms with Crippen LogP contribution in [-0.2, 0) is 0 Å². The van der Waals surface area contributed by atoms with E-state index in [0.717, 1.165) is 28.2 Å². The van der Waals surface area contributed by atoms with E-state index >= 15 is 0 Å². The Bertz CT molecular complexity index is 584. The highest BCUT2D eigenvalue weighted by molar-refractivity contribution is 9.10. The van der Waals surface area contributed by atoms with Crippen LogP contribution in [0.2, 0.25) is 0 Å². The van der Waals surface area contributed by atoms with Gasteiger partial charge in [-0.1, -0.05) is 35.8 Å². The summed E-state index contributed by atoms with van der Waals surface area (Å²) in [6.45, 7) is 7.14. The fourth-order valence-electron chi connectivity index (χ4n) is 1.72. The molecule has 0 fully saturated rings. The second-order valence-corrected chi connectivity index (χ2v) is 6.04. The number of nitrogens with one attached hydrogen (secondary N) is 2. The van der Waals surface area contributed by atoms with Gasteiger partial charge in [0.15, 0.2) is 0 Å². The summed E-state index contributed by atoms with van der Waals surface area (Å²) < 4.78 is 1.03. The number of halogens is 1.